The second kappa shape index (κ2) is 7.94. The Bertz CT molecular complexity index is 713. The lowest BCUT2D eigenvalue weighted by molar-refractivity contribution is -0.124. The van der Waals surface area contributed by atoms with E-state index in [1.807, 2.05) is 19.1 Å². The minimum Gasteiger partial charge on any atom is -0.455 e. The van der Waals surface area contributed by atoms with Gasteiger partial charge in [-0.3, -0.25) is 0 Å². The standard InChI is InChI=1S/C20H20O5/c1-14-12-17(24-19(21)15-8-4-2-5-9-15)18(13-23-14)25-20(22)16-10-6-3-7-11-16/h2-11,14,17-18H,12-13H2,1H3/t14-,17-,18+/m1/s1. The highest BCUT2D eigenvalue weighted by Gasteiger charge is 2.35. The number of esters is 2. The second-order valence-electron chi connectivity index (χ2n) is 6.00. The second-order valence-corrected chi connectivity index (χ2v) is 6.00. The molecule has 25 heavy (non-hydrogen) atoms. The van der Waals surface area contributed by atoms with Gasteiger partial charge in [0.05, 0.1) is 23.8 Å². The molecule has 2 aromatic carbocycles. The molecular formula is C20H20O5. The molecule has 130 valence electrons. The Morgan fingerprint density at radius 2 is 1.32 bits per heavy atom. The highest BCUT2D eigenvalue weighted by atomic mass is 16.6. The molecule has 0 spiro atoms. The average molecular weight is 340 g/mol. The van der Waals surface area contributed by atoms with E-state index in [1.54, 1.807) is 48.5 Å². The van der Waals surface area contributed by atoms with Crippen LogP contribution in [0.2, 0.25) is 0 Å². The summed E-state index contributed by atoms with van der Waals surface area (Å²) in [5.74, 6) is -0.884. The van der Waals surface area contributed by atoms with Crippen LogP contribution >= 0.6 is 0 Å². The minimum absolute atomic E-state index is 0.0692. The molecule has 0 unspecified atom stereocenters. The van der Waals surface area contributed by atoms with Crippen LogP contribution in [0.4, 0.5) is 0 Å². The van der Waals surface area contributed by atoms with E-state index >= 15 is 0 Å². The van der Waals surface area contributed by atoms with E-state index in [0.717, 1.165) is 0 Å². The van der Waals surface area contributed by atoms with E-state index in [9.17, 15) is 9.59 Å². The Balaban J connectivity index is 1.68. The van der Waals surface area contributed by atoms with Crippen molar-refractivity contribution >= 4 is 11.9 Å². The summed E-state index contributed by atoms with van der Waals surface area (Å²) in [5, 5.41) is 0. The molecule has 0 amide bonds. The molecule has 3 atom stereocenters. The zero-order valence-electron chi connectivity index (χ0n) is 14.0. The number of rotatable bonds is 4. The van der Waals surface area contributed by atoms with Gasteiger partial charge in [0.25, 0.3) is 0 Å². The largest absolute Gasteiger partial charge is 0.455 e. The van der Waals surface area contributed by atoms with Crippen molar-refractivity contribution in [1.82, 2.24) is 0 Å². The van der Waals surface area contributed by atoms with Gasteiger partial charge in [0.15, 0.2) is 6.10 Å². The van der Waals surface area contributed by atoms with Gasteiger partial charge in [0.2, 0.25) is 0 Å². The van der Waals surface area contributed by atoms with Crippen molar-refractivity contribution in [2.75, 3.05) is 6.61 Å². The Hall–Kier alpha value is -2.66. The fraction of sp³-hybridized carbons (Fsp3) is 0.300. The first-order valence-electron chi connectivity index (χ1n) is 8.27. The molecule has 0 bridgehead atoms. The molecule has 5 nitrogen and oxygen atoms in total. The summed E-state index contributed by atoms with van der Waals surface area (Å²) in [6, 6.07) is 17.5. The smallest absolute Gasteiger partial charge is 0.338 e. The van der Waals surface area contributed by atoms with Crippen LogP contribution in [-0.4, -0.2) is 36.9 Å². The molecule has 0 radical (unpaired) electrons. The molecule has 1 saturated heterocycles. The van der Waals surface area contributed by atoms with Crippen LogP contribution in [0.5, 0.6) is 0 Å². The predicted molar refractivity (Wildman–Crippen MR) is 91.3 cm³/mol. The molecule has 0 saturated carbocycles. The fourth-order valence-electron chi connectivity index (χ4n) is 2.71. The zero-order valence-corrected chi connectivity index (χ0v) is 14.0. The zero-order chi connectivity index (χ0) is 17.6. The average Bonchev–Trinajstić information content (AvgIpc) is 2.65. The van der Waals surface area contributed by atoms with Crippen LogP contribution in [0.15, 0.2) is 60.7 Å². The predicted octanol–water partition coefficient (Wildman–Crippen LogP) is 3.25. The van der Waals surface area contributed by atoms with Crippen molar-refractivity contribution in [1.29, 1.82) is 0 Å². The number of ether oxygens (including phenoxy) is 3. The van der Waals surface area contributed by atoms with Crippen molar-refractivity contribution in [3.8, 4) is 0 Å². The molecule has 0 N–H and O–H groups in total. The molecule has 1 heterocycles. The SMILES string of the molecule is C[C@@H]1C[C@@H](OC(=O)c2ccccc2)[C@@H](OC(=O)c2ccccc2)CO1. The molecular weight excluding hydrogens is 320 g/mol. The lowest BCUT2D eigenvalue weighted by atomic mass is 10.0. The third-order valence-corrected chi connectivity index (χ3v) is 4.06. The molecule has 1 fully saturated rings. The van der Waals surface area contributed by atoms with Crippen molar-refractivity contribution in [2.45, 2.75) is 31.7 Å². The van der Waals surface area contributed by atoms with E-state index in [2.05, 4.69) is 0 Å². The van der Waals surface area contributed by atoms with E-state index in [4.69, 9.17) is 14.2 Å². The number of benzene rings is 2. The fourth-order valence-corrected chi connectivity index (χ4v) is 2.71. The monoisotopic (exact) mass is 340 g/mol. The van der Waals surface area contributed by atoms with Crippen molar-refractivity contribution < 1.29 is 23.8 Å². The lowest BCUT2D eigenvalue weighted by Crippen LogP contribution is -2.45. The van der Waals surface area contributed by atoms with E-state index in [1.165, 1.54) is 0 Å². The van der Waals surface area contributed by atoms with Crippen molar-refractivity contribution in [3.63, 3.8) is 0 Å². The molecule has 2 aromatic rings. The summed E-state index contributed by atoms with van der Waals surface area (Å²) in [4.78, 5) is 24.6. The topological polar surface area (TPSA) is 61.8 Å². The summed E-state index contributed by atoms with van der Waals surface area (Å²) in [7, 11) is 0. The molecule has 5 heteroatoms. The van der Waals surface area contributed by atoms with Crippen LogP contribution < -0.4 is 0 Å². The highest BCUT2D eigenvalue weighted by Crippen LogP contribution is 2.22. The number of hydrogen-bond donors (Lipinski definition) is 0. The molecule has 1 aliphatic heterocycles. The maximum atomic E-state index is 12.3. The number of carbonyl (C=O) groups excluding carboxylic acids is 2. The van der Waals surface area contributed by atoms with Gasteiger partial charge >= 0.3 is 11.9 Å². The van der Waals surface area contributed by atoms with Gasteiger partial charge in [0.1, 0.15) is 6.10 Å². The number of hydrogen-bond acceptors (Lipinski definition) is 5. The Kier molecular flexibility index (Phi) is 5.46. The summed E-state index contributed by atoms with van der Waals surface area (Å²) in [5.41, 5.74) is 0.920. The number of carbonyl (C=O) groups is 2. The van der Waals surface area contributed by atoms with Crippen LogP contribution in [0.1, 0.15) is 34.1 Å². The summed E-state index contributed by atoms with van der Waals surface area (Å²) < 4.78 is 16.7. The maximum Gasteiger partial charge on any atom is 0.338 e. The molecule has 0 aromatic heterocycles. The van der Waals surface area contributed by atoms with Crippen LogP contribution in [-0.2, 0) is 14.2 Å². The normalized spacial score (nSPS) is 22.8. The van der Waals surface area contributed by atoms with E-state index < -0.39 is 24.1 Å². The first-order chi connectivity index (χ1) is 12.1. The van der Waals surface area contributed by atoms with Crippen LogP contribution in [0.3, 0.4) is 0 Å². The van der Waals surface area contributed by atoms with Gasteiger partial charge in [-0.25, -0.2) is 9.59 Å². The molecule has 0 aliphatic carbocycles. The summed E-state index contributed by atoms with van der Waals surface area (Å²) in [6.45, 7) is 2.10. The first-order valence-corrected chi connectivity index (χ1v) is 8.27. The summed E-state index contributed by atoms with van der Waals surface area (Å²) in [6.07, 6.45) is -0.758. The van der Waals surface area contributed by atoms with Gasteiger partial charge in [-0.15, -0.1) is 0 Å². The van der Waals surface area contributed by atoms with Crippen molar-refractivity contribution in [2.24, 2.45) is 0 Å². The Labute approximate surface area is 146 Å². The Morgan fingerprint density at radius 1 is 0.840 bits per heavy atom. The highest BCUT2D eigenvalue weighted by molar-refractivity contribution is 5.90. The first kappa shape index (κ1) is 17.2. The summed E-state index contributed by atoms with van der Waals surface area (Å²) >= 11 is 0. The Morgan fingerprint density at radius 3 is 1.84 bits per heavy atom. The van der Waals surface area contributed by atoms with Gasteiger partial charge in [-0.05, 0) is 31.2 Å². The van der Waals surface area contributed by atoms with E-state index in [-0.39, 0.29) is 12.7 Å². The quantitative estimate of drug-likeness (QED) is 0.800. The third kappa shape index (κ3) is 4.45. The van der Waals surface area contributed by atoms with Gasteiger partial charge < -0.3 is 14.2 Å². The third-order valence-electron chi connectivity index (χ3n) is 4.06. The van der Waals surface area contributed by atoms with Crippen molar-refractivity contribution in [3.05, 3.63) is 71.8 Å². The van der Waals surface area contributed by atoms with Gasteiger partial charge in [-0.2, -0.15) is 0 Å². The van der Waals surface area contributed by atoms with Gasteiger partial charge in [0, 0.05) is 6.42 Å². The minimum atomic E-state index is -0.628. The van der Waals surface area contributed by atoms with Crippen LogP contribution in [0.25, 0.3) is 0 Å². The molecule has 1 aliphatic rings. The van der Waals surface area contributed by atoms with E-state index in [0.29, 0.717) is 17.5 Å². The van der Waals surface area contributed by atoms with Gasteiger partial charge in [-0.1, -0.05) is 36.4 Å². The lowest BCUT2D eigenvalue weighted by Gasteiger charge is -2.33. The molecule has 3 rings (SSSR count). The maximum absolute atomic E-state index is 12.3. The van der Waals surface area contributed by atoms with Crippen LogP contribution in [0, 0.1) is 0 Å².